The summed E-state index contributed by atoms with van der Waals surface area (Å²) in [6, 6.07) is 8.82. The molecule has 0 saturated carbocycles. The molecule has 30 heavy (non-hydrogen) atoms. The first-order valence-corrected chi connectivity index (χ1v) is 11.0. The maximum atomic E-state index is 12.9. The minimum absolute atomic E-state index is 0.0273. The van der Waals surface area contributed by atoms with Crippen molar-refractivity contribution < 1.29 is 27.1 Å². The number of hydrogen-bond acceptors (Lipinski definition) is 5. The van der Waals surface area contributed by atoms with Gasteiger partial charge in [-0.1, -0.05) is 25.4 Å². The Balaban J connectivity index is 2.16. The molecule has 0 fully saturated rings. The Morgan fingerprint density at radius 2 is 1.73 bits per heavy atom. The van der Waals surface area contributed by atoms with Crippen LogP contribution in [-0.2, 0) is 19.6 Å². The summed E-state index contributed by atoms with van der Waals surface area (Å²) in [5.41, 5.74) is 0.273. The predicted molar refractivity (Wildman–Crippen MR) is 111 cm³/mol. The van der Waals surface area contributed by atoms with E-state index in [-0.39, 0.29) is 28.6 Å². The number of ether oxygens (including phenoxy) is 1. The fraction of sp³-hybridized carbons (Fsp3) is 0.300. The van der Waals surface area contributed by atoms with E-state index in [9.17, 15) is 22.4 Å². The number of carbonyl (C=O) groups excluding carboxylic acids is 2. The van der Waals surface area contributed by atoms with E-state index < -0.39 is 33.8 Å². The van der Waals surface area contributed by atoms with Crippen molar-refractivity contribution in [1.82, 2.24) is 4.31 Å². The first-order valence-electron chi connectivity index (χ1n) is 9.17. The van der Waals surface area contributed by atoms with Gasteiger partial charge in [0.05, 0.1) is 10.6 Å². The molecule has 2 aromatic rings. The number of benzene rings is 2. The fourth-order valence-electron chi connectivity index (χ4n) is 2.59. The first-order chi connectivity index (χ1) is 14.1. The Bertz CT molecular complexity index is 1020. The third kappa shape index (κ3) is 5.56. The molecule has 0 aliphatic carbocycles. The summed E-state index contributed by atoms with van der Waals surface area (Å²) in [6.07, 6.45) is -1.18. The van der Waals surface area contributed by atoms with Crippen LogP contribution in [0.5, 0.6) is 0 Å². The van der Waals surface area contributed by atoms with Crippen LogP contribution in [0.15, 0.2) is 47.4 Å². The van der Waals surface area contributed by atoms with Gasteiger partial charge in [-0.2, -0.15) is 4.31 Å². The van der Waals surface area contributed by atoms with Gasteiger partial charge in [-0.05, 0) is 49.4 Å². The van der Waals surface area contributed by atoms with E-state index in [2.05, 4.69) is 5.32 Å². The van der Waals surface area contributed by atoms with Crippen molar-refractivity contribution in [3.63, 3.8) is 0 Å². The molecule has 0 aliphatic rings. The van der Waals surface area contributed by atoms with E-state index in [1.165, 1.54) is 47.6 Å². The predicted octanol–water partition coefficient (Wildman–Crippen LogP) is 3.69. The van der Waals surface area contributed by atoms with Crippen LogP contribution in [0, 0.1) is 5.82 Å². The Hall–Kier alpha value is -2.49. The second-order valence-corrected chi connectivity index (χ2v) is 8.59. The second-order valence-electron chi connectivity index (χ2n) is 6.28. The van der Waals surface area contributed by atoms with E-state index >= 15 is 0 Å². The van der Waals surface area contributed by atoms with Gasteiger partial charge >= 0.3 is 5.97 Å². The summed E-state index contributed by atoms with van der Waals surface area (Å²) in [5.74, 6) is -1.96. The zero-order valence-electron chi connectivity index (χ0n) is 16.7. The zero-order valence-corrected chi connectivity index (χ0v) is 18.3. The molecule has 10 heteroatoms. The van der Waals surface area contributed by atoms with Gasteiger partial charge in [-0.25, -0.2) is 17.6 Å². The van der Waals surface area contributed by atoms with Crippen molar-refractivity contribution in [2.45, 2.75) is 31.8 Å². The van der Waals surface area contributed by atoms with Crippen molar-refractivity contribution >= 4 is 39.2 Å². The number of rotatable bonds is 8. The number of carbonyl (C=O) groups is 2. The minimum Gasteiger partial charge on any atom is -0.449 e. The maximum absolute atomic E-state index is 12.9. The summed E-state index contributed by atoms with van der Waals surface area (Å²) >= 11 is 6.05. The molecule has 1 amide bonds. The molecule has 0 heterocycles. The van der Waals surface area contributed by atoms with Crippen molar-refractivity contribution in [2.75, 3.05) is 18.4 Å². The summed E-state index contributed by atoms with van der Waals surface area (Å²) in [4.78, 5) is 24.4. The van der Waals surface area contributed by atoms with E-state index in [0.29, 0.717) is 5.69 Å². The van der Waals surface area contributed by atoms with Gasteiger partial charge in [0.2, 0.25) is 10.0 Å². The van der Waals surface area contributed by atoms with Crippen LogP contribution < -0.4 is 5.32 Å². The molecule has 0 aliphatic heterocycles. The molecule has 1 N–H and O–H groups in total. The molecule has 1 unspecified atom stereocenters. The third-order valence-electron chi connectivity index (χ3n) is 4.25. The van der Waals surface area contributed by atoms with E-state index in [4.69, 9.17) is 16.3 Å². The summed E-state index contributed by atoms with van der Waals surface area (Å²) in [7, 11) is -3.89. The van der Waals surface area contributed by atoms with Gasteiger partial charge in [0, 0.05) is 18.8 Å². The standard InChI is InChI=1S/C20H22ClFN2O5S/c1-4-24(5-2)30(27,28)18-12-14(6-11-17(18)21)20(26)29-13(3)19(25)23-16-9-7-15(22)8-10-16/h6-13H,4-5H2,1-3H3,(H,23,25). The molecule has 162 valence electrons. The molecular formula is C20H22ClFN2O5S. The number of anilines is 1. The Labute approximate surface area is 179 Å². The van der Waals surface area contributed by atoms with Gasteiger partial charge in [0.15, 0.2) is 6.10 Å². The lowest BCUT2D eigenvalue weighted by atomic mass is 10.2. The molecule has 0 spiro atoms. The normalized spacial score (nSPS) is 12.5. The van der Waals surface area contributed by atoms with E-state index in [1.807, 2.05) is 0 Å². The molecule has 7 nitrogen and oxygen atoms in total. The second kappa shape index (κ2) is 10.0. The molecule has 0 aromatic heterocycles. The quantitative estimate of drug-likeness (QED) is 0.611. The van der Waals surface area contributed by atoms with Crippen molar-refractivity contribution in [1.29, 1.82) is 0 Å². The highest BCUT2D eigenvalue weighted by Gasteiger charge is 2.27. The lowest BCUT2D eigenvalue weighted by Gasteiger charge is -2.20. The average molecular weight is 457 g/mol. The smallest absolute Gasteiger partial charge is 0.338 e. The maximum Gasteiger partial charge on any atom is 0.338 e. The van der Waals surface area contributed by atoms with Crippen molar-refractivity contribution in [3.8, 4) is 0 Å². The SMILES string of the molecule is CCN(CC)S(=O)(=O)c1cc(C(=O)OC(C)C(=O)Nc2ccc(F)cc2)ccc1Cl. The van der Waals surface area contributed by atoms with E-state index in [1.54, 1.807) is 13.8 Å². The fourth-order valence-corrected chi connectivity index (χ4v) is 4.55. The molecular weight excluding hydrogens is 435 g/mol. The first kappa shape index (κ1) is 23.8. The zero-order chi connectivity index (χ0) is 22.5. The number of nitrogens with one attached hydrogen (secondary N) is 1. The van der Waals surface area contributed by atoms with E-state index in [0.717, 1.165) is 6.07 Å². The molecule has 0 saturated heterocycles. The highest BCUT2D eigenvalue weighted by atomic mass is 35.5. The lowest BCUT2D eigenvalue weighted by Crippen LogP contribution is -2.31. The molecule has 2 rings (SSSR count). The van der Waals surface area contributed by atoms with Crippen LogP contribution >= 0.6 is 11.6 Å². The van der Waals surface area contributed by atoms with Crippen LogP contribution in [0.2, 0.25) is 5.02 Å². The number of amides is 1. The largest absolute Gasteiger partial charge is 0.449 e. The highest BCUT2D eigenvalue weighted by Crippen LogP contribution is 2.26. The molecule has 0 bridgehead atoms. The Morgan fingerprint density at radius 1 is 1.13 bits per heavy atom. The van der Waals surface area contributed by atoms with Gasteiger partial charge in [-0.3, -0.25) is 4.79 Å². The monoisotopic (exact) mass is 456 g/mol. The Kier molecular flexibility index (Phi) is 7.94. The van der Waals surface area contributed by atoms with Gasteiger partial charge in [0.1, 0.15) is 10.7 Å². The third-order valence-corrected chi connectivity index (χ3v) is 6.79. The van der Waals surface area contributed by atoms with Crippen molar-refractivity contribution in [3.05, 3.63) is 58.9 Å². The number of esters is 1. The highest BCUT2D eigenvalue weighted by molar-refractivity contribution is 7.89. The number of hydrogen-bond donors (Lipinski definition) is 1. The number of sulfonamides is 1. The summed E-state index contributed by atoms with van der Waals surface area (Å²) in [5, 5.41) is 2.47. The topological polar surface area (TPSA) is 92.8 Å². The van der Waals surface area contributed by atoms with Gasteiger partial charge in [0.25, 0.3) is 5.91 Å². The van der Waals surface area contributed by atoms with Crippen LogP contribution in [0.1, 0.15) is 31.1 Å². The molecule has 1 atom stereocenters. The van der Waals surface area contributed by atoms with Gasteiger partial charge < -0.3 is 10.1 Å². The van der Waals surface area contributed by atoms with Gasteiger partial charge in [-0.15, -0.1) is 0 Å². The number of halogens is 2. The number of nitrogens with zero attached hydrogens (tertiary/aromatic N) is 1. The van der Waals surface area contributed by atoms with Crippen LogP contribution in [0.4, 0.5) is 10.1 Å². The minimum atomic E-state index is -3.89. The molecule has 0 radical (unpaired) electrons. The van der Waals surface area contributed by atoms with Crippen LogP contribution in [-0.4, -0.2) is 43.8 Å². The lowest BCUT2D eigenvalue weighted by molar-refractivity contribution is -0.123. The average Bonchev–Trinajstić information content (AvgIpc) is 2.70. The molecule has 2 aromatic carbocycles. The summed E-state index contributed by atoms with van der Waals surface area (Å²) in [6.45, 7) is 5.22. The summed E-state index contributed by atoms with van der Waals surface area (Å²) < 4.78 is 44.8. The van der Waals surface area contributed by atoms with Crippen LogP contribution in [0.25, 0.3) is 0 Å². The van der Waals surface area contributed by atoms with Crippen LogP contribution in [0.3, 0.4) is 0 Å². The Morgan fingerprint density at radius 3 is 2.30 bits per heavy atom. The van der Waals surface area contributed by atoms with Crippen molar-refractivity contribution in [2.24, 2.45) is 0 Å².